The molecule has 0 bridgehead atoms. The summed E-state index contributed by atoms with van der Waals surface area (Å²) in [4.78, 5) is 47.5. The van der Waals surface area contributed by atoms with Gasteiger partial charge in [0.2, 0.25) is 11.8 Å². The van der Waals surface area contributed by atoms with Gasteiger partial charge in [-0.2, -0.15) is 13.2 Å². The number of piperazine rings is 1. The smallest absolute Gasteiger partial charge is 0.416 e. The van der Waals surface area contributed by atoms with Crippen molar-refractivity contribution >= 4 is 39.9 Å². The second-order valence-electron chi connectivity index (χ2n) is 9.84. The number of rotatable bonds is 9. The van der Waals surface area contributed by atoms with Gasteiger partial charge in [-0.1, -0.05) is 19.9 Å². The van der Waals surface area contributed by atoms with Crippen LogP contribution in [0.25, 0.3) is 0 Å². The van der Waals surface area contributed by atoms with E-state index in [1.807, 2.05) is 18.7 Å². The number of carbonyl (C=O) groups is 3. The quantitative estimate of drug-likeness (QED) is 0.405. The Hall–Kier alpha value is -3.87. The SMILES string of the molecule is CC(C)CN(CC(=O)Nc1nc(CC(=O)N2CCN(c3cccc(C(F)(F)F)c3)CC2)cs1)C(=O)c1ccco1. The number of nitrogens with one attached hydrogen (secondary N) is 1. The van der Waals surface area contributed by atoms with E-state index in [0.29, 0.717) is 49.2 Å². The second kappa shape index (κ2) is 12.5. The Kier molecular flexibility index (Phi) is 9.13. The topological polar surface area (TPSA) is 99.0 Å². The van der Waals surface area contributed by atoms with Crippen LogP contribution in [0.4, 0.5) is 24.0 Å². The normalized spacial score (nSPS) is 13.9. The zero-order valence-electron chi connectivity index (χ0n) is 22.1. The molecule has 2 aromatic heterocycles. The van der Waals surface area contributed by atoms with Gasteiger partial charge in [-0.05, 0) is 36.2 Å². The maximum Gasteiger partial charge on any atom is 0.416 e. The van der Waals surface area contributed by atoms with Crippen molar-refractivity contribution in [3.63, 3.8) is 0 Å². The fraction of sp³-hybridized carbons (Fsp3) is 0.407. The van der Waals surface area contributed by atoms with E-state index in [2.05, 4.69) is 10.3 Å². The molecule has 3 aromatic rings. The predicted octanol–water partition coefficient (Wildman–Crippen LogP) is 4.38. The van der Waals surface area contributed by atoms with E-state index in [4.69, 9.17) is 4.42 Å². The van der Waals surface area contributed by atoms with E-state index in [-0.39, 0.29) is 36.5 Å². The molecular weight excluding hydrogens is 547 g/mol. The van der Waals surface area contributed by atoms with Gasteiger partial charge in [-0.3, -0.25) is 14.4 Å². The summed E-state index contributed by atoms with van der Waals surface area (Å²) in [5, 5.41) is 4.69. The molecule has 214 valence electrons. The minimum atomic E-state index is -4.41. The van der Waals surface area contributed by atoms with Crippen molar-refractivity contribution < 1.29 is 32.0 Å². The Labute approximate surface area is 233 Å². The number of anilines is 2. The van der Waals surface area contributed by atoms with Crippen LogP contribution in [-0.4, -0.2) is 71.8 Å². The number of furan rings is 1. The molecule has 4 rings (SSSR count). The average Bonchev–Trinajstić information content (AvgIpc) is 3.60. The van der Waals surface area contributed by atoms with E-state index < -0.39 is 17.6 Å². The van der Waals surface area contributed by atoms with E-state index in [1.54, 1.807) is 28.5 Å². The maximum atomic E-state index is 13.0. The minimum Gasteiger partial charge on any atom is -0.459 e. The van der Waals surface area contributed by atoms with Crippen LogP contribution in [0.2, 0.25) is 0 Å². The first-order valence-electron chi connectivity index (χ1n) is 12.8. The summed E-state index contributed by atoms with van der Waals surface area (Å²) in [6, 6.07) is 8.33. The molecule has 0 atom stereocenters. The van der Waals surface area contributed by atoms with Crippen molar-refractivity contribution in [3.05, 3.63) is 65.1 Å². The lowest BCUT2D eigenvalue weighted by Crippen LogP contribution is -2.49. The number of hydrogen-bond donors (Lipinski definition) is 1. The lowest BCUT2D eigenvalue weighted by molar-refractivity contribution is -0.137. The first-order chi connectivity index (χ1) is 19.0. The maximum absolute atomic E-state index is 13.0. The zero-order chi connectivity index (χ0) is 28.9. The standard InChI is InChI=1S/C27H30F3N5O4S/c1-18(2)15-35(25(38)22-7-4-12-39-22)16-23(36)32-26-31-20(17-40-26)14-24(37)34-10-8-33(9-11-34)21-6-3-5-19(13-21)27(28,29)30/h3-7,12-13,17-18H,8-11,14-16H2,1-2H3,(H,31,32,36). The molecule has 0 unspecified atom stereocenters. The molecule has 1 aliphatic heterocycles. The lowest BCUT2D eigenvalue weighted by Gasteiger charge is -2.36. The molecule has 1 fully saturated rings. The van der Waals surface area contributed by atoms with Crippen LogP contribution < -0.4 is 10.2 Å². The zero-order valence-corrected chi connectivity index (χ0v) is 22.9. The van der Waals surface area contributed by atoms with E-state index in [9.17, 15) is 27.6 Å². The summed E-state index contributed by atoms with van der Waals surface area (Å²) in [6.45, 7) is 5.64. The highest BCUT2D eigenvalue weighted by Crippen LogP contribution is 2.32. The molecular formula is C27H30F3N5O4S. The van der Waals surface area contributed by atoms with Crippen LogP contribution in [0.5, 0.6) is 0 Å². The van der Waals surface area contributed by atoms with Crippen molar-refractivity contribution in [2.24, 2.45) is 5.92 Å². The van der Waals surface area contributed by atoms with Gasteiger partial charge in [0.1, 0.15) is 6.54 Å². The fourth-order valence-corrected chi connectivity index (χ4v) is 5.08. The number of aromatic nitrogens is 1. The van der Waals surface area contributed by atoms with Gasteiger partial charge in [0.25, 0.3) is 5.91 Å². The van der Waals surface area contributed by atoms with Crippen molar-refractivity contribution in [3.8, 4) is 0 Å². The summed E-state index contributed by atoms with van der Waals surface area (Å²) < 4.78 is 44.3. The molecule has 0 aliphatic carbocycles. The van der Waals surface area contributed by atoms with E-state index in [0.717, 1.165) is 12.1 Å². The van der Waals surface area contributed by atoms with Gasteiger partial charge < -0.3 is 24.4 Å². The van der Waals surface area contributed by atoms with Crippen LogP contribution in [0.3, 0.4) is 0 Å². The molecule has 3 heterocycles. The number of nitrogens with zero attached hydrogens (tertiary/aromatic N) is 4. The fourth-order valence-electron chi connectivity index (χ4n) is 4.35. The van der Waals surface area contributed by atoms with Gasteiger partial charge in [-0.15, -0.1) is 11.3 Å². The molecule has 3 amide bonds. The largest absolute Gasteiger partial charge is 0.459 e. The summed E-state index contributed by atoms with van der Waals surface area (Å²) in [7, 11) is 0. The number of thiazole rings is 1. The Morgan fingerprint density at radius 1 is 1.12 bits per heavy atom. The highest BCUT2D eigenvalue weighted by molar-refractivity contribution is 7.13. The number of carbonyl (C=O) groups excluding carboxylic acids is 3. The molecule has 40 heavy (non-hydrogen) atoms. The summed E-state index contributed by atoms with van der Waals surface area (Å²) >= 11 is 1.18. The Morgan fingerprint density at radius 3 is 2.52 bits per heavy atom. The summed E-state index contributed by atoms with van der Waals surface area (Å²) in [6.07, 6.45) is -2.98. The highest BCUT2D eigenvalue weighted by Gasteiger charge is 2.31. The summed E-state index contributed by atoms with van der Waals surface area (Å²) in [5.41, 5.74) is 0.266. The van der Waals surface area contributed by atoms with Gasteiger partial charge in [0, 0.05) is 43.8 Å². The molecule has 1 aliphatic rings. The highest BCUT2D eigenvalue weighted by atomic mass is 32.1. The Morgan fingerprint density at radius 2 is 1.88 bits per heavy atom. The third-order valence-electron chi connectivity index (χ3n) is 6.24. The van der Waals surface area contributed by atoms with Gasteiger partial charge in [-0.25, -0.2) is 4.98 Å². The number of hydrogen-bond acceptors (Lipinski definition) is 7. The first-order valence-corrected chi connectivity index (χ1v) is 13.6. The number of halogens is 3. The second-order valence-corrected chi connectivity index (χ2v) is 10.7. The van der Waals surface area contributed by atoms with E-state index >= 15 is 0 Å². The van der Waals surface area contributed by atoms with E-state index in [1.165, 1.54) is 28.6 Å². The van der Waals surface area contributed by atoms with Crippen LogP contribution in [-0.2, 0) is 22.2 Å². The molecule has 0 spiro atoms. The third-order valence-corrected chi connectivity index (χ3v) is 7.05. The summed E-state index contributed by atoms with van der Waals surface area (Å²) in [5.74, 6) is -0.666. The number of alkyl halides is 3. The third kappa shape index (κ3) is 7.62. The Balaban J connectivity index is 1.27. The van der Waals surface area contributed by atoms with Crippen molar-refractivity contribution in [1.29, 1.82) is 0 Å². The average molecular weight is 578 g/mol. The molecule has 1 saturated heterocycles. The number of benzene rings is 1. The molecule has 1 N–H and O–H groups in total. The predicted molar refractivity (Wildman–Crippen MR) is 144 cm³/mol. The molecule has 1 aromatic carbocycles. The van der Waals surface area contributed by atoms with Crippen molar-refractivity contribution in [1.82, 2.24) is 14.8 Å². The van der Waals surface area contributed by atoms with Crippen LogP contribution in [0.15, 0.2) is 52.5 Å². The monoisotopic (exact) mass is 577 g/mol. The van der Waals surface area contributed by atoms with Gasteiger partial charge in [0.15, 0.2) is 10.9 Å². The number of amides is 3. The van der Waals surface area contributed by atoms with Crippen LogP contribution >= 0.6 is 11.3 Å². The molecule has 0 saturated carbocycles. The van der Waals surface area contributed by atoms with Crippen molar-refractivity contribution in [2.75, 3.05) is 49.5 Å². The first kappa shape index (κ1) is 29.1. The van der Waals surface area contributed by atoms with Gasteiger partial charge in [0.05, 0.1) is 23.9 Å². The van der Waals surface area contributed by atoms with Gasteiger partial charge >= 0.3 is 6.18 Å². The van der Waals surface area contributed by atoms with Crippen molar-refractivity contribution in [2.45, 2.75) is 26.4 Å². The molecule has 13 heteroatoms. The minimum absolute atomic E-state index is 0.0341. The lowest BCUT2D eigenvalue weighted by atomic mass is 10.1. The molecule has 0 radical (unpaired) electrons. The molecule has 9 nitrogen and oxygen atoms in total. The van der Waals surface area contributed by atoms with Crippen LogP contribution in [0.1, 0.15) is 35.7 Å². The van der Waals surface area contributed by atoms with Crippen LogP contribution in [0, 0.1) is 5.92 Å². The Bertz CT molecular complexity index is 1320.